The van der Waals surface area contributed by atoms with Gasteiger partial charge in [-0.2, -0.15) is 0 Å². The molecule has 3 atom stereocenters. The van der Waals surface area contributed by atoms with Crippen LogP contribution in [-0.4, -0.2) is 76.4 Å². The Kier molecular flexibility index (Phi) is 9.60. The van der Waals surface area contributed by atoms with E-state index in [1.54, 1.807) is 25.2 Å². The summed E-state index contributed by atoms with van der Waals surface area (Å²) in [5, 5.41) is 8.94. The third-order valence-corrected chi connectivity index (χ3v) is 7.18. The summed E-state index contributed by atoms with van der Waals surface area (Å²) in [4.78, 5) is 71.6. The molecule has 4 N–H and O–H groups in total. The molecule has 224 valence electrons. The van der Waals surface area contributed by atoms with Gasteiger partial charge in [0.25, 0.3) is 5.91 Å². The van der Waals surface area contributed by atoms with Crippen molar-refractivity contribution in [1.29, 1.82) is 0 Å². The maximum absolute atomic E-state index is 13.5. The van der Waals surface area contributed by atoms with E-state index in [4.69, 9.17) is 9.47 Å². The Bertz CT molecular complexity index is 1480. The molecule has 3 heterocycles. The number of nitrogens with one attached hydrogen (secondary N) is 4. The van der Waals surface area contributed by atoms with Crippen LogP contribution in [0.3, 0.4) is 0 Å². The van der Waals surface area contributed by atoms with Gasteiger partial charge in [-0.1, -0.05) is 19.9 Å². The number of rotatable bonds is 13. The molecule has 1 saturated heterocycles. The van der Waals surface area contributed by atoms with Gasteiger partial charge >= 0.3 is 5.97 Å². The van der Waals surface area contributed by atoms with Gasteiger partial charge in [0.1, 0.15) is 23.2 Å². The standard InChI is InChI=1S/C29H36N6O7/c1-16(2)10-21(34-28(39)22-12-18-19(32-22)6-5-7-25(18)41-4)27(38)33-20(11-17-8-9-31-26(17)37)24(36)14-42-29(40)23-13-30-15-35(23)3/h5-7,12-13,15-17,20-21,32H,8-11,14H2,1-4H3,(H,31,37)(H,33,38)(H,34,39)/t17-,20-,21-/m0/s1. The van der Waals surface area contributed by atoms with Crippen molar-refractivity contribution in [3.05, 3.63) is 48.2 Å². The van der Waals surface area contributed by atoms with E-state index in [-0.39, 0.29) is 29.6 Å². The van der Waals surface area contributed by atoms with Crippen LogP contribution < -0.4 is 20.7 Å². The van der Waals surface area contributed by atoms with Gasteiger partial charge in [-0.25, -0.2) is 9.78 Å². The molecule has 1 aliphatic heterocycles. The average Bonchev–Trinajstić information content (AvgIpc) is 3.70. The van der Waals surface area contributed by atoms with Crippen molar-refractivity contribution in [3.63, 3.8) is 0 Å². The van der Waals surface area contributed by atoms with Crippen molar-refractivity contribution in [1.82, 2.24) is 30.5 Å². The number of nitrogens with zero attached hydrogens (tertiary/aromatic N) is 2. The number of aromatic amines is 1. The van der Waals surface area contributed by atoms with E-state index in [1.807, 2.05) is 19.9 Å². The van der Waals surface area contributed by atoms with E-state index in [1.165, 1.54) is 24.2 Å². The van der Waals surface area contributed by atoms with Crippen LogP contribution in [0, 0.1) is 11.8 Å². The summed E-state index contributed by atoms with van der Waals surface area (Å²) >= 11 is 0. The molecular formula is C29H36N6O7. The minimum Gasteiger partial charge on any atom is -0.496 e. The lowest BCUT2D eigenvalue weighted by atomic mass is 9.95. The summed E-state index contributed by atoms with van der Waals surface area (Å²) in [6.07, 6.45) is 3.57. The number of fused-ring (bicyclic) bond motifs is 1. The number of ether oxygens (including phenoxy) is 2. The quantitative estimate of drug-likeness (QED) is 0.220. The van der Waals surface area contributed by atoms with Gasteiger partial charge in [-0.3, -0.25) is 19.2 Å². The largest absolute Gasteiger partial charge is 0.496 e. The van der Waals surface area contributed by atoms with Crippen LogP contribution in [-0.2, 0) is 26.2 Å². The number of hydrogen-bond acceptors (Lipinski definition) is 8. The van der Waals surface area contributed by atoms with E-state index in [9.17, 15) is 24.0 Å². The molecule has 1 fully saturated rings. The fraction of sp³-hybridized carbons (Fsp3) is 0.448. The number of hydrogen-bond donors (Lipinski definition) is 4. The van der Waals surface area contributed by atoms with E-state index in [0.717, 1.165) is 5.39 Å². The highest BCUT2D eigenvalue weighted by Gasteiger charge is 2.34. The maximum Gasteiger partial charge on any atom is 0.357 e. The summed E-state index contributed by atoms with van der Waals surface area (Å²) in [6, 6.07) is 4.94. The minimum atomic E-state index is -1.12. The fourth-order valence-electron chi connectivity index (χ4n) is 4.93. The lowest BCUT2D eigenvalue weighted by Gasteiger charge is -2.25. The number of H-pyrrole nitrogens is 1. The number of carbonyl (C=O) groups excluding carboxylic acids is 5. The number of carbonyl (C=O) groups is 5. The van der Waals surface area contributed by atoms with Crippen LogP contribution in [0.4, 0.5) is 0 Å². The number of methoxy groups -OCH3 is 1. The number of aromatic nitrogens is 3. The van der Waals surface area contributed by atoms with Crippen molar-refractivity contribution in [2.75, 3.05) is 20.3 Å². The van der Waals surface area contributed by atoms with Crippen LogP contribution in [0.1, 0.15) is 54.1 Å². The molecule has 1 aliphatic rings. The summed E-state index contributed by atoms with van der Waals surface area (Å²) < 4.78 is 12.0. The summed E-state index contributed by atoms with van der Waals surface area (Å²) in [5.74, 6) is -2.48. The van der Waals surface area contributed by atoms with Crippen molar-refractivity contribution in [2.45, 2.75) is 45.2 Å². The molecule has 0 spiro atoms. The van der Waals surface area contributed by atoms with E-state index in [0.29, 0.717) is 30.7 Å². The fourth-order valence-corrected chi connectivity index (χ4v) is 4.93. The van der Waals surface area contributed by atoms with Crippen LogP contribution in [0.25, 0.3) is 10.9 Å². The molecule has 0 aliphatic carbocycles. The number of imidazole rings is 1. The van der Waals surface area contributed by atoms with Crippen molar-refractivity contribution in [2.24, 2.45) is 18.9 Å². The normalized spacial score (nSPS) is 16.1. The first kappa shape index (κ1) is 30.3. The van der Waals surface area contributed by atoms with Crippen LogP contribution in [0.2, 0.25) is 0 Å². The Hall–Kier alpha value is -4.68. The Labute approximate surface area is 242 Å². The van der Waals surface area contributed by atoms with E-state index in [2.05, 4.69) is 25.9 Å². The molecule has 1 aromatic carbocycles. The van der Waals surface area contributed by atoms with Gasteiger partial charge in [0.05, 0.1) is 25.7 Å². The molecule has 4 rings (SSSR count). The van der Waals surface area contributed by atoms with Crippen molar-refractivity contribution < 1.29 is 33.4 Å². The lowest BCUT2D eigenvalue weighted by Crippen LogP contribution is -2.53. The first-order valence-electron chi connectivity index (χ1n) is 13.8. The molecular weight excluding hydrogens is 544 g/mol. The second-order valence-corrected chi connectivity index (χ2v) is 10.8. The van der Waals surface area contributed by atoms with Gasteiger partial charge in [0.2, 0.25) is 11.8 Å². The number of esters is 1. The number of aryl methyl sites for hydroxylation is 1. The zero-order valence-corrected chi connectivity index (χ0v) is 24.1. The molecule has 2 aromatic heterocycles. The molecule has 0 saturated carbocycles. The van der Waals surface area contributed by atoms with Gasteiger partial charge in [0, 0.05) is 30.4 Å². The average molecular weight is 581 g/mol. The van der Waals surface area contributed by atoms with E-state index < -0.39 is 48.2 Å². The Morgan fingerprint density at radius 1 is 1.17 bits per heavy atom. The van der Waals surface area contributed by atoms with Gasteiger partial charge in [0.15, 0.2) is 12.4 Å². The zero-order valence-electron chi connectivity index (χ0n) is 24.1. The predicted molar refractivity (Wildman–Crippen MR) is 152 cm³/mol. The molecule has 3 aromatic rings. The molecule has 13 heteroatoms. The molecule has 42 heavy (non-hydrogen) atoms. The molecule has 0 bridgehead atoms. The first-order valence-corrected chi connectivity index (χ1v) is 13.8. The monoisotopic (exact) mass is 580 g/mol. The highest BCUT2D eigenvalue weighted by Crippen LogP contribution is 2.26. The first-order chi connectivity index (χ1) is 20.1. The number of benzene rings is 1. The Morgan fingerprint density at radius 3 is 2.60 bits per heavy atom. The van der Waals surface area contributed by atoms with Gasteiger partial charge in [-0.05, 0) is 43.4 Å². The molecule has 0 unspecified atom stereocenters. The predicted octanol–water partition coefficient (Wildman–Crippen LogP) is 1.49. The highest BCUT2D eigenvalue weighted by atomic mass is 16.5. The Balaban J connectivity index is 1.48. The second kappa shape index (κ2) is 13.3. The van der Waals surface area contributed by atoms with Crippen LogP contribution in [0.5, 0.6) is 5.75 Å². The Morgan fingerprint density at radius 2 is 1.95 bits per heavy atom. The number of amides is 3. The summed E-state index contributed by atoms with van der Waals surface area (Å²) in [7, 11) is 3.15. The highest BCUT2D eigenvalue weighted by molar-refractivity contribution is 6.02. The van der Waals surface area contributed by atoms with Gasteiger partial charge < -0.3 is 35.0 Å². The topological polar surface area (TPSA) is 174 Å². The van der Waals surface area contributed by atoms with E-state index >= 15 is 0 Å². The third-order valence-electron chi connectivity index (χ3n) is 7.18. The SMILES string of the molecule is COc1cccc2[nH]c(C(=O)N[C@@H](CC(C)C)C(=O)N[C@@H](C[C@@H]3CCNC3=O)C(=O)COC(=O)c3cncn3C)cc12. The van der Waals surface area contributed by atoms with Crippen LogP contribution >= 0.6 is 0 Å². The maximum atomic E-state index is 13.5. The molecule has 3 amide bonds. The second-order valence-electron chi connectivity index (χ2n) is 10.8. The number of ketones is 1. The van der Waals surface area contributed by atoms with Gasteiger partial charge in [-0.15, -0.1) is 0 Å². The molecule has 0 radical (unpaired) electrons. The van der Waals surface area contributed by atoms with Crippen LogP contribution in [0.15, 0.2) is 36.8 Å². The summed E-state index contributed by atoms with van der Waals surface area (Å²) in [5.41, 5.74) is 1.10. The van der Waals surface area contributed by atoms with Crippen molar-refractivity contribution >= 4 is 40.4 Å². The summed E-state index contributed by atoms with van der Waals surface area (Å²) in [6.45, 7) is 3.67. The minimum absolute atomic E-state index is 0.0264. The van der Waals surface area contributed by atoms with Crippen molar-refractivity contribution in [3.8, 4) is 5.75 Å². The lowest BCUT2D eigenvalue weighted by molar-refractivity contribution is -0.131. The smallest absolute Gasteiger partial charge is 0.357 e. The number of Topliss-reactive ketones (excluding diaryl/α,β-unsaturated/α-hetero) is 1. The zero-order chi connectivity index (χ0) is 30.4. The third kappa shape index (κ3) is 7.14. The molecule has 13 nitrogen and oxygen atoms in total.